The molecular weight excluding hydrogens is 622 g/mol. The monoisotopic (exact) mass is 650 g/mol. The van der Waals surface area contributed by atoms with Gasteiger partial charge in [0.25, 0.3) is 11.8 Å². The number of hydrogen-bond acceptors (Lipinski definition) is 5. The SMILES string of the molecule is O=C(O)CCCNC(=O)c1ccc(OC(F)(F)F)cc1[C@H]1c2ccccc2N(C(=O)c2ccc(OC(F)(F)F)cc2)[C@@H]2CCC[C@H]12. The van der Waals surface area contributed by atoms with Gasteiger partial charge < -0.3 is 24.8 Å². The predicted octanol–water partition coefficient (Wildman–Crippen LogP) is 7.04. The first-order valence-electron chi connectivity index (χ1n) is 14.4. The number of para-hydroxylation sites is 1. The summed E-state index contributed by atoms with van der Waals surface area (Å²) >= 11 is 0. The number of carbonyl (C=O) groups is 3. The van der Waals surface area contributed by atoms with Crippen LogP contribution in [-0.4, -0.2) is 48.2 Å². The van der Waals surface area contributed by atoms with Gasteiger partial charge >= 0.3 is 18.7 Å². The molecule has 2 aliphatic rings. The predicted molar refractivity (Wildman–Crippen MR) is 152 cm³/mol. The van der Waals surface area contributed by atoms with Gasteiger partial charge in [-0.3, -0.25) is 14.4 Å². The van der Waals surface area contributed by atoms with Gasteiger partial charge in [-0.1, -0.05) is 24.6 Å². The molecule has 5 rings (SSSR count). The van der Waals surface area contributed by atoms with Crippen LogP contribution in [0, 0.1) is 5.92 Å². The Balaban J connectivity index is 1.55. The smallest absolute Gasteiger partial charge is 0.481 e. The van der Waals surface area contributed by atoms with Gasteiger partial charge in [0.1, 0.15) is 11.5 Å². The molecule has 1 heterocycles. The maximum Gasteiger partial charge on any atom is 0.573 e. The largest absolute Gasteiger partial charge is 0.573 e. The number of carboxylic acids is 1. The molecule has 0 unspecified atom stereocenters. The molecule has 46 heavy (non-hydrogen) atoms. The second-order valence-electron chi connectivity index (χ2n) is 11.0. The van der Waals surface area contributed by atoms with E-state index in [0.717, 1.165) is 18.2 Å². The normalized spacial score (nSPS) is 19.2. The molecule has 0 radical (unpaired) electrons. The van der Waals surface area contributed by atoms with Crippen molar-refractivity contribution in [3.8, 4) is 11.5 Å². The average molecular weight is 651 g/mol. The summed E-state index contributed by atoms with van der Waals surface area (Å²) in [5, 5.41) is 11.5. The highest BCUT2D eigenvalue weighted by Crippen LogP contribution is 2.53. The molecule has 8 nitrogen and oxygen atoms in total. The summed E-state index contributed by atoms with van der Waals surface area (Å²) in [5.74, 6) is -4.12. The fraction of sp³-hybridized carbons (Fsp3) is 0.344. The van der Waals surface area contributed by atoms with Crippen LogP contribution in [0.15, 0.2) is 66.7 Å². The summed E-state index contributed by atoms with van der Waals surface area (Å²) in [7, 11) is 0. The average Bonchev–Trinajstić information content (AvgIpc) is 3.45. The Bertz CT molecular complexity index is 1610. The maximum absolute atomic E-state index is 13.9. The first-order valence-corrected chi connectivity index (χ1v) is 14.4. The van der Waals surface area contributed by atoms with E-state index in [1.54, 1.807) is 29.2 Å². The van der Waals surface area contributed by atoms with Gasteiger partial charge in [-0.2, -0.15) is 0 Å². The Kier molecular flexibility index (Phi) is 9.17. The lowest BCUT2D eigenvalue weighted by atomic mass is 9.72. The highest BCUT2D eigenvalue weighted by Gasteiger charge is 2.47. The quantitative estimate of drug-likeness (QED) is 0.190. The van der Waals surface area contributed by atoms with E-state index in [-0.39, 0.29) is 42.0 Å². The number of benzene rings is 3. The van der Waals surface area contributed by atoms with E-state index in [0.29, 0.717) is 30.5 Å². The van der Waals surface area contributed by atoms with Crippen molar-refractivity contribution in [3.63, 3.8) is 0 Å². The first kappa shape index (κ1) is 32.6. The topological polar surface area (TPSA) is 105 Å². The van der Waals surface area contributed by atoms with Crippen LogP contribution >= 0.6 is 0 Å². The van der Waals surface area contributed by atoms with Gasteiger partial charge in [0.2, 0.25) is 0 Å². The van der Waals surface area contributed by atoms with E-state index < -0.39 is 54.0 Å². The van der Waals surface area contributed by atoms with Gasteiger partial charge in [0.05, 0.1) is 0 Å². The highest BCUT2D eigenvalue weighted by molar-refractivity contribution is 6.07. The second-order valence-corrected chi connectivity index (χ2v) is 11.0. The molecule has 1 aliphatic carbocycles. The van der Waals surface area contributed by atoms with Crippen LogP contribution in [-0.2, 0) is 4.79 Å². The summed E-state index contributed by atoms with van der Waals surface area (Å²) in [5.41, 5.74) is 1.46. The van der Waals surface area contributed by atoms with Crippen molar-refractivity contribution in [1.29, 1.82) is 0 Å². The fourth-order valence-electron chi connectivity index (χ4n) is 6.39. The molecule has 2 amide bonds. The van der Waals surface area contributed by atoms with Gasteiger partial charge in [-0.05, 0) is 84.8 Å². The van der Waals surface area contributed by atoms with Crippen LogP contribution in [0.4, 0.5) is 32.0 Å². The van der Waals surface area contributed by atoms with Crippen molar-refractivity contribution in [2.45, 2.75) is 56.8 Å². The number of hydrogen-bond donors (Lipinski definition) is 2. The molecule has 3 atom stereocenters. The Morgan fingerprint density at radius 3 is 2.17 bits per heavy atom. The molecule has 3 aromatic rings. The van der Waals surface area contributed by atoms with Gasteiger partial charge in [-0.15, -0.1) is 26.3 Å². The number of nitrogens with one attached hydrogen (secondary N) is 1. The van der Waals surface area contributed by atoms with Crippen molar-refractivity contribution in [2.75, 3.05) is 11.4 Å². The zero-order chi connectivity index (χ0) is 33.2. The number of carbonyl (C=O) groups excluding carboxylic acids is 2. The van der Waals surface area contributed by atoms with E-state index in [9.17, 15) is 40.7 Å². The molecule has 0 saturated heterocycles. The lowest BCUT2D eigenvalue weighted by Gasteiger charge is -2.44. The van der Waals surface area contributed by atoms with E-state index in [4.69, 9.17) is 5.11 Å². The third kappa shape index (κ3) is 7.37. The molecule has 1 saturated carbocycles. The van der Waals surface area contributed by atoms with Crippen LogP contribution in [0.5, 0.6) is 11.5 Å². The second kappa shape index (κ2) is 12.9. The minimum atomic E-state index is -5.00. The molecule has 14 heteroatoms. The number of ether oxygens (including phenoxy) is 2. The van der Waals surface area contributed by atoms with Crippen LogP contribution in [0.2, 0.25) is 0 Å². The molecule has 3 aromatic carbocycles. The molecular formula is C32H28F6N2O6. The fourth-order valence-corrected chi connectivity index (χ4v) is 6.39. The minimum absolute atomic E-state index is 0.0216. The minimum Gasteiger partial charge on any atom is -0.481 e. The lowest BCUT2D eigenvalue weighted by molar-refractivity contribution is -0.275. The van der Waals surface area contributed by atoms with Crippen LogP contribution in [0.3, 0.4) is 0 Å². The maximum atomic E-state index is 13.9. The number of amides is 2. The number of aliphatic carboxylic acids is 1. The summed E-state index contributed by atoms with van der Waals surface area (Å²) < 4.78 is 85.9. The Labute approximate surface area is 258 Å². The summed E-state index contributed by atoms with van der Waals surface area (Å²) in [6, 6.07) is 14.3. The third-order valence-corrected chi connectivity index (χ3v) is 8.07. The van der Waals surface area contributed by atoms with E-state index in [1.807, 2.05) is 0 Å². The molecule has 1 aliphatic heterocycles. The molecule has 0 bridgehead atoms. The van der Waals surface area contributed by atoms with Crippen LogP contribution in [0.25, 0.3) is 0 Å². The molecule has 244 valence electrons. The lowest BCUT2D eigenvalue weighted by Crippen LogP contribution is -2.48. The van der Waals surface area contributed by atoms with Crippen molar-refractivity contribution >= 4 is 23.5 Å². The Hall–Kier alpha value is -4.75. The van der Waals surface area contributed by atoms with Crippen molar-refractivity contribution in [3.05, 3.63) is 89.0 Å². The number of carboxylic acid groups (broad SMARTS) is 1. The zero-order valence-corrected chi connectivity index (χ0v) is 24.0. The number of halogens is 6. The molecule has 2 N–H and O–H groups in total. The molecule has 1 fully saturated rings. The number of alkyl halides is 6. The Morgan fingerprint density at radius 2 is 1.50 bits per heavy atom. The summed E-state index contributed by atoms with van der Waals surface area (Å²) in [6.45, 7) is 0.0216. The Morgan fingerprint density at radius 1 is 0.848 bits per heavy atom. The number of anilines is 1. The highest BCUT2D eigenvalue weighted by atomic mass is 19.4. The standard InChI is InChI=1S/C32H28F6N2O6/c33-31(34,35)45-19-12-10-18(11-13-19)30(44)40-25-7-2-1-5-22(25)28(23-6-3-8-26(23)40)24-17-20(46-32(36,37)38)14-15-21(24)29(43)39-16-4-9-27(41)42/h1-2,5,7,10-15,17,23,26,28H,3-4,6,8-9,16H2,(H,39,43)(H,41,42)/t23-,26+,28-/m0/s1. The number of fused-ring (bicyclic) bond motifs is 2. The molecule has 0 spiro atoms. The van der Waals surface area contributed by atoms with E-state index >= 15 is 0 Å². The molecule has 0 aromatic heterocycles. The van der Waals surface area contributed by atoms with Gasteiger partial charge in [-0.25, -0.2) is 0 Å². The van der Waals surface area contributed by atoms with Gasteiger partial charge in [0.15, 0.2) is 0 Å². The third-order valence-electron chi connectivity index (χ3n) is 8.07. The van der Waals surface area contributed by atoms with Crippen molar-refractivity contribution in [1.82, 2.24) is 5.32 Å². The van der Waals surface area contributed by atoms with Crippen LogP contribution < -0.4 is 19.7 Å². The van der Waals surface area contributed by atoms with E-state index in [2.05, 4.69) is 14.8 Å². The zero-order valence-electron chi connectivity index (χ0n) is 24.0. The number of rotatable bonds is 9. The number of nitrogens with zero attached hydrogens (tertiary/aromatic N) is 1. The van der Waals surface area contributed by atoms with Crippen molar-refractivity contribution < 1.29 is 55.3 Å². The first-order chi connectivity index (χ1) is 21.7. The van der Waals surface area contributed by atoms with E-state index in [1.165, 1.54) is 24.3 Å². The summed E-state index contributed by atoms with van der Waals surface area (Å²) in [4.78, 5) is 39.8. The van der Waals surface area contributed by atoms with Crippen molar-refractivity contribution in [2.24, 2.45) is 5.92 Å². The van der Waals surface area contributed by atoms with Crippen LogP contribution in [0.1, 0.15) is 69.9 Å². The van der Waals surface area contributed by atoms with Gasteiger partial charge in [0, 0.05) is 41.7 Å². The summed E-state index contributed by atoms with van der Waals surface area (Å²) in [6.07, 6.45) is -8.18.